The molecule has 1 atom stereocenters. The van der Waals surface area contributed by atoms with Gasteiger partial charge < -0.3 is 19.4 Å². The summed E-state index contributed by atoms with van der Waals surface area (Å²) in [6.45, 7) is 5.86. The van der Waals surface area contributed by atoms with Gasteiger partial charge in [0.1, 0.15) is 0 Å². The number of benzene rings is 1. The van der Waals surface area contributed by atoms with E-state index < -0.39 is 0 Å². The molecule has 6 nitrogen and oxygen atoms in total. The highest BCUT2D eigenvalue weighted by molar-refractivity contribution is 5.77. The van der Waals surface area contributed by atoms with Crippen LogP contribution in [0.3, 0.4) is 0 Å². The Labute approximate surface area is 147 Å². The van der Waals surface area contributed by atoms with Gasteiger partial charge in [0, 0.05) is 18.7 Å². The molecule has 2 aromatic rings. The van der Waals surface area contributed by atoms with E-state index in [1.165, 1.54) is 5.56 Å². The van der Waals surface area contributed by atoms with Gasteiger partial charge in [-0.25, -0.2) is 4.98 Å². The number of fused-ring (bicyclic) bond motifs is 1. The van der Waals surface area contributed by atoms with Crippen LogP contribution in [0.5, 0.6) is 11.5 Å². The van der Waals surface area contributed by atoms with Crippen LogP contribution >= 0.6 is 0 Å². The van der Waals surface area contributed by atoms with Crippen LogP contribution in [0.2, 0.25) is 0 Å². The van der Waals surface area contributed by atoms with Crippen molar-refractivity contribution in [3.05, 3.63) is 41.5 Å². The number of aromatic nitrogens is 2. The van der Waals surface area contributed by atoms with Crippen molar-refractivity contribution in [2.75, 3.05) is 13.3 Å². The van der Waals surface area contributed by atoms with E-state index in [9.17, 15) is 4.79 Å². The zero-order valence-corrected chi connectivity index (χ0v) is 14.7. The van der Waals surface area contributed by atoms with Crippen molar-refractivity contribution < 1.29 is 14.3 Å². The standard InChI is InChI=1S/C19H23N3O3/c1-13-15(21-11-20-13)9-22-10-19(2,6-5-18(22)23)8-14-3-4-16-17(7-14)25-12-24-16/h3-4,7,11H,5-6,8-10,12H2,1-2H3,(H,20,21)/t19-/m0/s1. The van der Waals surface area contributed by atoms with Gasteiger partial charge in [0.2, 0.25) is 12.7 Å². The van der Waals surface area contributed by atoms with Gasteiger partial charge in [0.15, 0.2) is 11.5 Å². The zero-order chi connectivity index (χ0) is 17.4. The maximum absolute atomic E-state index is 12.4. The first-order chi connectivity index (χ1) is 12.0. The van der Waals surface area contributed by atoms with Crippen LogP contribution in [0.1, 0.15) is 36.7 Å². The second-order valence-corrected chi connectivity index (χ2v) is 7.40. The van der Waals surface area contributed by atoms with E-state index in [-0.39, 0.29) is 11.3 Å². The molecule has 1 aromatic heterocycles. The van der Waals surface area contributed by atoms with Crippen molar-refractivity contribution in [3.8, 4) is 11.5 Å². The lowest BCUT2D eigenvalue weighted by atomic mass is 9.76. The van der Waals surface area contributed by atoms with Gasteiger partial charge in [-0.3, -0.25) is 4.79 Å². The number of ether oxygens (including phenoxy) is 2. The summed E-state index contributed by atoms with van der Waals surface area (Å²) in [7, 11) is 0. The van der Waals surface area contributed by atoms with E-state index in [4.69, 9.17) is 9.47 Å². The Morgan fingerprint density at radius 2 is 2.16 bits per heavy atom. The number of piperidine rings is 1. The molecule has 2 aliphatic rings. The molecular formula is C19H23N3O3. The molecule has 1 aromatic carbocycles. The number of hydrogen-bond donors (Lipinski definition) is 1. The lowest BCUT2D eigenvalue weighted by Gasteiger charge is -2.40. The molecule has 132 valence electrons. The smallest absolute Gasteiger partial charge is 0.231 e. The van der Waals surface area contributed by atoms with E-state index in [1.807, 2.05) is 17.9 Å². The molecule has 0 unspecified atom stereocenters. The number of amides is 1. The van der Waals surface area contributed by atoms with Gasteiger partial charge in [-0.1, -0.05) is 13.0 Å². The van der Waals surface area contributed by atoms with Gasteiger partial charge in [-0.15, -0.1) is 0 Å². The summed E-state index contributed by atoms with van der Waals surface area (Å²) >= 11 is 0. The monoisotopic (exact) mass is 341 g/mol. The fourth-order valence-electron chi connectivity index (χ4n) is 3.75. The summed E-state index contributed by atoms with van der Waals surface area (Å²) < 4.78 is 10.9. The predicted octanol–water partition coefficient (Wildman–Crippen LogP) is 2.82. The lowest BCUT2D eigenvalue weighted by molar-refractivity contribution is -0.138. The molecule has 1 N–H and O–H groups in total. The fraction of sp³-hybridized carbons (Fsp3) is 0.474. The summed E-state index contributed by atoms with van der Waals surface area (Å²) in [5.41, 5.74) is 3.24. The molecule has 1 fully saturated rings. The molecule has 0 saturated carbocycles. The Bertz CT molecular complexity index is 801. The molecule has 3 heterocycles. The second kappa shape index (κ2) is 6.10. The molecule has 0 spiro atoms. The minimum Gasteiger partial charge on any atom is -0.454 e. The molecule has 0 bridgehead atoms. The van der Waals surface area contributed by atoms with Crippen LogP contribution in [0, 0.1) is 12.3 Å². The van der Waals surface area contributed by atoms with Crippen LogP contribution in [0.15, 0.2) is 24.5 Å². The molecule has 4 rings (SSSR count). The number of imidazole rings is 1. The molecule has 1 saturated heterocycles. The topological polar surface area (TPSA) is 67.5 Å². The predicted molar refractivity (Wildman–Crippen MR) is 92.4 cm³/mol. The van der Waals surface area contributed by atoms with E-state index >= 15 is 0 Å². The minimum atomic E-state index is 0.0474. The maximum atomic E-state index is 12.4. The van der Waals surface area contributed by atoms with Crippen molar-refractivity contribution in [1.82, 2.24) is 14.9 Å². The normalized spacial score (nSPS) is 22.5. The Kier molecular flexibility index (Phi) is 3.90. The summed E-state index contributed by atoms with van der Waals surface area (Å²) in [4.78, 5) is 21.7. The number of nitrogens with one attached hydrogen (secondary N) is 1. The number of likely N-dealkylation sites (tertiary alicyclic amines) is 1. The Balaban J connectivity index is 1.49. The average Bonchev–Trinajstić information content (AvgIpc) is 3.20. The fourth-order valence-corrected chi connectivity index (χ4v) is 3.75. The third-order valence-electron chi connectivity index (χ3n) is 5.21. The van der Waals surface area contributed by atoms with Crippen molar-refractivity contribution in [2.45, 2.75) is 39.7 Å². The Hall–Kier alpha value is -2.50. The number of H-pyrrole nitrogens is 1. The van der Waals surface area contributed by atoms with Gasteiger partial charge in [-0.05, 0) is 42.9 Å². The van der Waals surface area contributed by atoms with Gasteiger partial charge in [0.25, 0.3) is 0 Å². The second-order valence-electron chi connectivity index (χ2n) is 7.40. The summed E-state index contributed by atoms with van der Waals surface area (Å²) in [5, 5.41) is 0. The summed E-state index contributed by atoms with van der Waals surface area (Å²) in [6.07, 6.45) is 4.08. The van der Waals surface area contributed by atoms with E-state index in [0.29, 0.717) is 19.8 Å². The van der Waals surface area contributed by atoms with Crippen LogP contribution < -0.4 is 9.47 Å². The van der Waals surface area contributed by atoms with Crippen molar-refractivity contribution >= 4 is 5.91 Å². The molecule has 6 heteroatoms. The van der Waals surface area contributed by atoms with Crippen molar-refractivity contribution in [3.63, 3.8) is 0 Å². The largest absolute Gasteiger partial charge is 0.454 e. The SMILES string of the molecule is Cc1[nH]cnc1CN1C[C@](C)(Cc2ccc3c(c2)OCO3)CCC1=O. The molecule has 0 aliphatic carbocycles. The van der Waals surface area contributed by atoms with Crippen molar-refractivity contribution in [2.24, 2.45) is 5.41 Å². The van der Waals surface area contributed by atoms with Crippen LogP contribution in [0.4, 0.5) is 0 Å². The van der Waals surface area contributed by atoms with Gasteiger partial charge in [-0.2, -0.15) is 0 Å². The van der Waals surface area contributed by atoms with Crippen molar-refractivity contribution in [1.29, 1.82) is 0 Å². The first-order valence-electron chi connectivity index (χ1n) is 8.68. The number of hydrogen-bond acceptors (Lipinski definition) is 4. The average molecular weight is 341 g/mol. The molecule has 2 aliphatic heterocycles. The van der Waals surface area contributed by atoms with Gasteiger partial charge in [0.05, 0.1) is 18.6 Å². The lowest BCUT2D eigenvalue weighted by Crippen LogP contribution is -2.45. The highest BCUT2D eigenvalue weighted by atomic mass is 16.7. The highest BCUT2D eigenvalue weighted by Gasteiger charge is 2.35. The summed E-state index contributed by atoms with van der Waals surface area (Å²) in [5.74, 6) is 1.84. The maximum Gasteiger partial charge on any atom is 0.231 e. The zero-order valence-electron chi connectivity index (χ0n) is 14.7. The first kappa shape index (κ1) is 16.0. The number of carbonyl (C=O) groups excluding carboxylic acids is 1. The quantitative estimate of drug-likeness (QED) is 0.928. The van der Waals surface area contributed by atoms with Gasteiger partial charge >= 0.3 is 0 Å². The molecule has 0 radical (unpaired) electrons. The van der Waals surface area contributed by atoms with E-state index in [2.05, 4.69) is 29.0 Å². The number of rotatable bonds is 4. The number of carbonyl (C=O) groups is 1. The summed E-state index contributed by atoms with van der Waals surface area (Å²) in [6, 6.07) is 6.13. The van der Waals surface area contributed by atoms with E-state index in [1.54, 1.807) is 6.33 Å². The third kappa shape index (κ3) is 3.21. The van der Waals surface area contributed by atoms with Crippen LogP contribution in [0.25, 0.3) is 0 Å². The number of aromatic amines is 1. The van der Waals surface area contributed by atoms with E-state index in [0.717, 1.165) is 42.3 Å². The molecule has 1 amide bonds. The third-order valence-corrected chi connectivity index (χ3v) is 5.21. The Morgan fingerprint density at radius 1 is 1.32 bits per heavy atom. The van der Waals surface area contributed by atoms with Crippen LogP contribution in [-0.2, 0) is 17.8 Å². The Morgan fingerprint density at radius 3 is 2.96 bits per heavy atom. The number of nitrogens with zero attached hydrogens (tertiary/aromatic N) is 2. The highest BCUT2D eigenvalue weighted by Crippen LogP contribution is 2.38. The number of aryl methyl sites for hydroxylation is 1. The molecular weight excluding hydrogens is 318 g/mol. The first-order valence-corrected chi connectivity index (χ1v) is 8.68. The minimum absolute atomic E-state index is 0.0474. The molecule has 25 heavy (non-hydrogen) atoms. The van der Waals surface area contributed by atoms with Crippen LogP contribution in [-0.4, -0.2) is 34.1 Å².